The van der Waals surface area contributed by atoms with Gasteiger partial charge in [-0.15, -0.1) is 0 Å². The van der Waals surface area contributed by atoms with Crippen LogP contribution in [0.25, 0.3) is 11.0 Å². The summed E-state index contributed by atoms with van der Waals surface area (Å²) in [7, 11) is 0. The number of carbonyl (C=O) groups excluding carboxylic acids is 1. The number of nitrogens with one attached hydrogen (secondary N) is 2. The van der Waals surface area contributed by atoms with Crippen molar-refractivity contribution in [2.75, 3.05) is 6.54 Å². The zero-order valence-corrected chi connectivity index (χ0v) is 16.9. The Morgan fingerprint density at radius 2 is 1.76 bits per heavy atom. The van der Waals surface area contributed by atoms with E-state index < -0.39 is 11.1 Å². The van der Waals surface area contributed by atoms with Crippen LogP contribution in [0.3, 0.4) is 0 Å². The van der Waals surface area contributed by atoms with E-state index in [0.717, 1.165) is 5.56 Å². The number of H-pyrrole nitrogens is 1. The van der Waals surface area contributed by atoms with E-state index in [2.05, 4.69) is 36.3 Å². The van der Waals surface area contributed by atoms with Gasteiger partial charge in [0.25, 0.3) is 5.91 Å². The third-order valence-corrected chi connectivity index (χ3v) is 5.07. The second kappa shape index (κ2) is 8.45. The molecule has 7 nitrogen and oxygen atoms in total. The Morgan fingerprint density at radius 3 is 2.38 bits per heavy atom. The predicted molar refractivity (Wildman–Crippen MR) is 114 cm³/mol. The predicted octanol–water partition coefficient (Wildman–Crippen LogP) is 2.26. The second-order valence-electron chi connectivity index (χ2n) is 7.37. The molecule has 1 aromatic heterocycles. The molecule has 1 atom stereocenters. The van der Waals surface area contributed by atoms with E-state index >= 15 is 0 Å². The lowest BCUT2D eigenvalue weighted by atomic mass is 9.99. The van der Waals surface area contributed by atoms with E-state index in [4.69, 9.17) is 5.73 Å². The van der Waals surface area contributed by atoms with Crippen molar-refractivity contribution in [3.05, 3.63) is 79.9 Å². The van der Waals surface area contributed by atoms with Crippen LogP contribution in [0.5, 0.6) is 0 Å². The average Bonchev–Trinajstić information content (AvgIpc) is 2.72. The van der Waals surface area contributed by atoms with Crippen molar-refractivity contribution >= 4 is 16.9 Å². The van der Waals surface area contributed by atoms with Crippen LogP contribution in [0.15, 0.2) is 52.1 Å². The number of aromatic amines is 1. The molecule has 3 rings (SSSR count). The smallest absolute Gasteiger partial charge is 0.316 e. The number of aromatic nitrogens is 2. The minimum absolute atomic E-state index is 0.281. The topological polar surface area (TPSA) is 110 Å². The molecule has 4 N–H and O–H groups in total. The van der Waals surface area contributed by atoms with E-state index in [1.807, 2.05) is 12.1 Å². The molecule has 0 spiro atoms. The molecule has 29 heavy (non-hydrogen) atoms. The van der Waals surface area contributed by atoms with E-state index in [9.17, 15) is 14.4 Å². The molecule has 0 radical (unpaired) electrons. The molecule has 0 fully saturated rings. The summed E-state index contributed by atoms with van der Waals surface area (Å²) in [5.74, 6) is 0.152. The Kier molecular flexibility index (Phi) is 5.98. The first-order chi connectivity index (χ1) is 13.8. The minimum Gasteiger partial charge on any atom is -0.350 e. The van der Waals surface area contributed by atoms with Crippen molar-refractivity contribution < 1.29 is 4.79 Å². The second-order valence-corrected chi connectivity index (χ2v) is 7.37. The summed E-state index contributed by atoms with van der Waals surface area (Å²) in [5, 5.41) is 2.83. The van der Waals surface area contributed by atoms with Crippen LogP contribution in [0.4, 0.5) is 0 Å². The van der Waals surface area contributed by atoms with Gasteiger partial charge in [0.1, 0.15) is 0 Å². The number of nitrogens with two attached hydrogens (primary N) is 1. The average molecular weight is 394 g/mol. The first kappa shape index (κ1) is 20.5. The number of amides is 1. The van der Waals surface area contributed by atoms with E-state index in [0.29, 0.717) is 29.1 Å². The van der Waals surface area contributed by atoms with Gasteiger partial charge in [0.05, 0.1) is 11.0 Å². The Bertz CT molecular complexity index is 1140. The maximum absolute atomic E-state index is 12.5. The van der Waals surface area contributed by atoms with Gasteiger partial charge >= 0.3 is 11.1 Å². The van der Waals surface area contributed by atoms with Gasteiger partial charge in [0.15, 0.2) is 0 Å². The monoisotopic (exact) mass is 394 g/mol. The lowest BCUT2D eigenvalue weighted by molar-refractivity contribution is 0.0951. The Labute approximate surface area is 168 Å². The highest BCUT2D eigenvalue weighted by Gasteiger charge is 2.13. The summed E-state index contributed by atoms with van der Waals surface area (Å²) >= 11 is 0. The fourth-order valence-corrected chi connectivity index (χ4v) is 3.29. The highest BCUT2D eigenvalue weighted by atomic mass is 16.2. The van der Waals surface area contributed by atoms with E-state index in [1.165, 1.54) is 10.1 Å². The number of rotatable bonds is 6. The highest BCUT2D eigenvalue weighted by molar-refractivity contribution is 5.97. The van der Waals surface area contributed by atoms with Gasteiger partial charge in [-0.2, -0.15) is 0 Å². The van der Waals surface area contributed by atoms with Crippen LogP contribution < -0.4 is 22.2 Å². The maximum Gasteiger partial charge on any atom is 0.316 e. The molecule has 0 aliphatic carbocycles. The molecule has 152 valence electrons. The van der Waals surface area contributed by atoms with Crippen molar-refractivity contribution in [2.45, 2.75) is 39.3 Å². The van der Waals surface area contributed by atoms with Crippen LogP contribution in [-0.4, -0.2) is 22.0 Å². The van der Waals surface area contributed by atoms with Crippen LogP contribution in [0.2, 0.25) is 0 Å². The third-order valence-electron chi connectivity index (χ3n) is 5.07. The molecule has 1 amide bonds. The largest absolute Gasteiger partial charge is 0.350 e. The summed E-state index contributed by atoms with van der Waals surface area (Å²) in [6.45, 7) is 6.70. The fourth-order valence-electron chi connectivity index (χ4n) is 3.29. The number of hydrogen-bond donors (Lipinski definition) is 3. The lowest BCUT2D eigenvalue weighted by Gasteiger charge is -2.15. The van der Waals surface area contributed by atoms with Crippen molar-refractivity contribution in [2.24, 2.45) is 5.73 Å². The van der Waals surface area contributed by atoms with Crippen molar-refractivity contribution in [3.63, 3.8) is 0 Å². The molecule has 0 bridgehead atoms. The van der Waals surface area contributed by atoms with Gasteiger partial charge in [0.2, 0.25) is 0 Å². The van der Waals surface area contributed by atoms with Crippen LogP contribution in [0.1, 0.15) is 54.2 Å². The van der Waals surface area contributed by atoms with Crippen LogP contribution in [0, 0.1) is 0 Å². The highest BCUT2D eigenvalue weighted by Crippen LogP contribution is 2.17. The zero-order valence-electron chi connectivity index (χ0n) is 16.9. The summed E-state index contributed by atoms with van der Waals surface area (Å²) in [4.78, 5) is 38.8. The molecule has 0 aliphatic heterocycles. The molecule has 1 heterocycles. The molecule has 2 aromatic carbocycles. The standard InChI is InChI=1S/C22H26N4O3/c1-4-26-19-10-9-16(11-18(19)25-21(28)22(26)29)20(27)24-12-17(23)15-7-5-14(6-8-15)13(2)3/h5-11,13,17H,4,12,23H2,1-3H3,(H,24,27)(H,25,28). The van der Waals surface area contributed by atoms with Gasteiger partial charge < -0.3 is 20.6 Å². The molecule has 0 saturated heterocycles. The van der Waals surface area contributed by atoms with Gasteiger partial charge in [-0.3, -0.25) is 14.4 Å². The number of fused-ring (bicyclic) bond motifs is 1. The van der Waals surface area contributed by atoms with Crippen molar-refractivity contribution in [1.82, 2.24) is 14.9 Å². The SMILES string of the molecule is CCn1c(=O)c(=O)[nH]c2cc(C(=O)NCC(N)c3ccc(C(C)C)cc3)ccc21. The fraction of sp³-hybridized carbons (Fsp3) is 0.318. The number of benzene rings is 2. The van der Waals surface area contributed by atoms with E-state index in [1.54, 1.807) is 25.1 Å². The number of carbonyl (C=O) groups is 1. The molecule has 3 aromatic rings. The van der Waals surface area contributed by atoms with Gasteiger partial charge in [-0.05, 0) is 42.2 Å². The first-order valence-electron chi connectivity index (χ1n) is 9.72. The molecular formula is C22H26N4O3. The molecule has 1 unspecified atom stereocenters. The maximum atomic E-state index is 12.5. The Morgan fingerprint density at radius 1 is 1.10 bits per heavy atom. The number of nitrogens with zero attached hydrogens (tertiary/aromatic N) is 1. The summed E-state index contributed by atoms with van der Waals surface area (Å²) < 4.78 is 1.38. The van der Waals surface area contributed by atoms with Crippen LogP contribution >= 0.6 is 0 Å². The zero-order chi connectivity index (χ0) is 21.1. The summed E-state index contributed by atoms with van der Waals surface area (Å²) in [6, 6.07) is 12.6. The Balaban J connectivity index is 1.75. The van der Waals surface area contributed by atoms with Crippen molar-refractivity contribution in [3.8, 4) is 0 Å². The minimum atomic E-state index is -0.705. The van der Waals surface area contributed by atoms with Gasteiger partial charge in [0, 0.05) is 24.7 Å². The molecule has 0 saturated carbocycles. The molecule has 0 aliphatic rings. The lowest BCUT2D eigenvalue weighted by Crippen LogP contribution is -2.36. The normalized spacial score (nSPS) is 12.3. The van der Waals surface area contributed by atoms with Crippen LogP contribution in [-0.2, 0) is 6.54 Å². The summed E-state index contributed by atoms with van der Waals surface area (Å²) in [6.07, 6.45) is 0. The van der Waals surface area contributed by atoms with Crippen molar-refractivity contribution in [1.29, 1.82) is 0 Å². The third kappa shape index (κ3) is 4.30. The Hall–Kier alpha value is -3.19. The summed E-state index contributed by atoms with van der Waals surface area (Å²) in [5.41, 5.74) is 8.50. The van der Waals surface area contributed by atoms with Gasteiger partial charge in [-0.1, -0.05) is 38.1 Å². The molecular weight excluding hydrogens is 368 g/mol. The molecule has 7 heteroatoms. The number of aryl methyl sites for hydroxylation is 1. The first-order valence-corrected chi connectivity index (χ1v) is 9.72. The van der Waals surface area contributed by atoms with Gasteiger partial charge in [-0.25, -0.2) is 0 Å². The number of hydrogen-bond acceptors (Lipinski definition) is 4. The quantitative estimate of drug-likeness (QED) is 0.557. The van der Waals surface area contributed by atoms with E-state index in [-0.39, 0.29) is 18.5 Å².